The molecule has 9 heteroatoms. The lowest BCUT2D eigenvalue weighted by atomic mass is 9.70. The molecule has 9 aliphatic carbocycles. The van der Waals surface area contributed by atoms with Gasteiger partial charge in [-0.15, -0.1) is 11.8 Å². The molecular formula is C86H58Cl6S3. The molecule has 462 valence electrons. The van der Waals surface area contributed by atoms with Gasteiger partial charge in [-0.25, -0.2) is 0 Å². The van der Waals surface area contributed by atoms with Crippen molar-refractivity contribution in [2.45, 2.75) is 80.8 Å². The molecule has 0 N–H and O–H groups in total. The van der Waals surface area contributed by atoms with Crippen LogP contribution in [0.3, 0.4) is 0 Å². The predicted molar refractivity (Wildman–Crippen MR) is 412 cm³/mol. The largest absolute Gasteiger partial charge is 0.152 e. The van der Waals surface area contributed by atoms with Crippen molar-refractivity contribution in [1.82, 2.24) is 0 Å². The number of hydrogen-bond donors (Lipinski definition) is 0. The Morgan fingerprint density at radius 1 is 0.453 bits per heavy atom. The van der Waals surface area contributed by atoms with E-state index in [1.165, 1.54) is 155 Å². The number of benzene rings is 8. The third-order valence-electron chi connectivity index (χ3n) is 22.6. The maximum Gasteiger partial charge on any atom is 0.0680 e. The number of thioether (sulfide) groups is 3. The third kappa shape index (κ3) is 8.85. The summed E-state index contributed by atoms with van der Waals surface area (Å²) in [5, 5.41) is 7.89. The van der Waals surface area contributed by atoms with Gasteiger partial charge in [0.05, 0.1) is 30.2 Å². The molecule has 8 aromatic carbocycles. The summed E-state index contributed by atoms with van der Waals surface area (Å²) in [6, 6.07) is 35.2. The van der Waals surface area contributed by atoms with Gasteiger partial charge >= 0.3 is 0 Å². The summed E-state index contributed by atoms with van der Waals surface area (Å²) < 4.78 is 0. The van der Waals surface area contributed by atoms with E-state index in [0.717, 1.165) is 131 Å². The molecule has 8 aromatic rings. The van der Waals surface area contributed by atoms with Crippen LogP contribution in [0, 0.1) is 11.8 Å². The van der Waals surface area contributed by atoms with Crippen molar-refractivity contribution in [2.24, 2.45) is 11.8 Å². The van der Waals surface area contributed by atoms with Crippen LogP contribution in [0.25, 0.3) is 73.5 Å². The van der Waals surface area contributed by atoms with E-state index >= 15 is 0 Å². The van der Waals surface area contributed by atoms with E-state index in [0.29, 0.717) is 30.2 Å². The molecule has 12 aliphatic rings. The fraction of sp³-hybridized carbons (Fsp3) is 0.186. The van der Waals surface area contributed by atoms with Gasteiger partial charge in [0, 0.05) is 57.3 Å². The molecule has 0 nitrogen and oxygen atoms in total. The molecule has 0 bridgehead atoms. The Morgan fingerprint density at radius 3 is 1.63 bits per heavy atom. The molecule has 0 amide bonds. The number of allylic oxidation sites excluding steroid dienone is 19. The fourth-order valence-electron chi connectivity index (χ4n) is 18.4. The van der Waals surface area contributed by atoms with Gasteiger partial charge in [-0.2, -0.15) is 23.5 Å². The number of aryl methyl sites for hydroxylation is 8. The topological polar surface area (TPSA) is 0 Å². The van der Waals surface area contributed by atoms with Crippen molar-refractivity contribution in [3.63, 3.8) is 0 Å². The number of hydrogen-bond acceptors (Lipinski definition) is 3. The standard InChI is InChI=1S/C86H58Cl6S3/c87-81-63(35-61(57-29-27-45-9-1-7-43-15-5-17-59(57)71(43)45)55-31-51-23-19-47-11-3-12-48-20-24-52(32-55)75(51)73(47)48)65-37-93-39-67(65)77(83(81)89)79-69-41-95-42-70(69)80(86(92)85(79)91)78-68-40-94-38-66(68)64(82(88)84(78)90)36-62(58-30-28-46-10-2-8-44-16-6-18-60(58)72(44)46)56-33-53-25-21-49-13-4-14-50-22-26-54(34-56)76(53)74(49)50/h1-17,27-36,42,69,71H,18-26,37-41H2/b61-35+,62-36+. The van der Waals surface area contributed by atoms with Gasteiger partial charge in [-0.05, 0) is 259 Å². The van der Waals surface area contributed by atoms with Gasteiger partial charge in [0.1, 0.15) is 0 Å². The molecule has 0 spiro atoms. The van der Waals surface area contributed by atoms with E-state index in [2.05, 4.69) is 169 Å². The minimum atomic E-state index is -0.141. The summed E-state index contributed by atoms with van der Waals surface area (Å²) in [5.41, 5.74) is 42.6. The molecule has 0 fully saturated rings. The van der Waals surface area contributed by atoms with Crippen molar-refractivity contribution < 1.29 is 0 Å². The molecule has 0 radical (unpaired) electrons. The van der Waals surface area contributed by atoms with E-state index < -0.39 is 0 Å². The maximum atomic E-state index is 8.01. The quantitative estimate of drug-likeness (QED) is 0.139. The summed E-state index contributed by atoms with van der Waals surface area (Å²) in [6.07, 6.45) is 36.7. The van der Waals surface area contributed by atoms with Crippen LogP contribution >= 0.6 is 105 Å². The highest BCUT2D eigenvalue weighted by atomic mass is 35.5. The van der Waals surface area contributed by atoms with Crippen LogP contribution in [-0.2, 0) is 80.8 Å². The van der Waals surface area contributed by atoms with Crippen LogP contribution in [0.1, 0.15) is 117 Å². The zero-order valence-electron chi connectivity index (χ0n) is 51.7. The minimum absolute atomic E-state index is 0.141. The van der Waals surface area contributed by atoms with Crippen molar-refractivity contribution in [3.05, 3.63) is 326 Å². The van der Waals surface area contributed by atoms with Crippen LogP contribution in [0.4, 0.5) is 0 Å². The lowest BCUT2D eigenvalue weighted by Crippen LogP contribution is -2.19. The van der Waals surface area contributed by atoms with E-state index in [-0.39, 0.29) is 11.8 Å². The maximum absolute atomic E-state index is 8.01. The Morgan fingerprint density at radius 2 is 0.989 bits per heavy atom. The lowest BCUT2D eigenvalue weighted by Gasteiger charge is -2.34. The Balaban J connectivity index is 0.743. The summed E-state index contributed by atoms with van der Waals surface area (Å²) in [4.78, 5) is 0. The Kier molecular flexibility index (Phi) is 14.0. The zero-order valence-corrected chi connectivity index (χ0v) is 58.7. The average Bonchev–Trinajstić information content (AvgIpc) is 1.24. The van der Waals surface area contributed by atoms with Crippen molar-refractivity contribution in [3.8, 4) is 22.3 Å². The monoisotopic (exact) mass is 1400 g/mol. The Bertz CT molecular complexity index is 5310. The molecule has 3 aliphatic heterocycles. The number of halogens is 6. The van der Waals surface area contributed by atoms with Gasteiger partial charge in [-0.1, -0.05) is 221 Å². The molecular weight excluding hydrogens is 1340 g/mol. The van der Waals surface area contributed by atoms with Gasteiger partial charge in [0.25, 0.3) is 0 Å². The summed E-state index contributed by atoms with van der Waals surface area (Å²) in [5.74, 6) is 3.86. The van der Waals surface area contributed by atoms with Gasteiger partial charge in [0.15, 0.2) is 0 Å². The van der Waals surface area contributed by atoms with Crippen molar-refractivity contribution in [1.29, 1.82) is 0 Å². The van der Waals surface area contributed by atoms with E-state index in [1.54, 1.807) is 11.8 Å². The molecule has 0 aromatic heterocycles. The van der Waals surface area contributed by atoms with E-state index in [1.807, 2.05) is 23.5 Å². The van der Waals surface area contributed by atoms with Crippen molar-refractivity contribution in [2.75, 3.05) is 5.75 Å². The highest BCUT2D eigenvalue weighted by Crippen LogP contribution is 2.61. The average molecular weight is 1400 g/mol. The number of fused-ring (bicyclic) bond motifs is 3. The first-order valence-corrected chi connectivity index (χ1v) is 39.0. The zero-order chi connectivity index (χ0) is 63.2. The lowest BCUT2D eigenvalue weighted by molar-refractivity contribution is 0.865. The number of rotatable bonds is 8. The molecule has 20 rings (SSSR count). The van der Waals surface area contributed by atoms with Gasteiger partial charge in [0.2, 0.25) is 0 Å². The summed E-state index contributed by atoms with van der Waals surface area (Å²) in [7, 11) is 0. The van der Waals surface area contributed by atoms with Crippen LogP contribution in [0.5, 0.6) is 0 Å². The first-order valence-electron chi connectivity index (χ1n) is 33.3. The van der Waals surface area contributed by atoms with Crippen LogP contribution in [-0.4, -0.2) is 5.75 Å². The smallest absolute Gasteiger partial charge is 0.0680 e. The highest BCUT2D eigenvalue weighted by Gasteiger charge is 2.43. The van der Waals surface area contributed by atoms with Gasteiger partial charge < -0.3 is 0 Å². The minimum Gasteiger partial charge on any atom is -0.152 e. The fourth-order valence-corrected chi connectivity index (χ4v) is 23.6. The van der Waals surface area contributed by atoms with Crippen LogP contribution in [0.2, 0.25) is 20.1 Å². The second-order valence-electron chi connectivity index (χ2n) is 27.3. The second kappa shape index (κ2) is 22.6. The SMILES string of the molecule is ClC1=C(c2c(Cl)c(Cl)c(/C=C(\c3cc4c5c(c3)CCc3cccc(c3-5)CC4)c3ccc4cccc5c4c3CC=C5)c3c2CSC3)C2=CSCC2C(c2c(Cl)c(Cl)c(/C=C(/C3=CC=C4C=CC=C5C=CC=C3C54)c3cc4c5c(c3)CCc3cccc(c3-5)CC4)c3c2CSC3)=C1Cl. The van der Waals surface area contributed by atoms with E-state index in [4.69, 9.17) is 69.6 Å². The second-order valence-corrected chi connectivity index (χ2v) is 32.4. The molecule has 3 heterocycles. The van der Waals surface area contributed by atoms with Crippen molar-refractivity contribution >= 4 is 156 Å². The molecule has 0 saturated carbocycles. The summed E-state index contributed by atoms with van der Waals surface area (Å²) >= 11 is 53.6. The highest BCUT2D eigenvalue weighted by molar-refractivity contribution is 8.02. The summed E-state index contributed by atoms with van der Waals surface area (Å²) in [6.45, 7) is 0. The molecule has 95 heavy (non-hydrogen) atoms. The van der Waals surface area contributed by atoms with Crippen LogP contribution in [0.15, 0.2) is 189 Å². The third-order valence-corrected chi connectivity index (χ3v) is 28.1. The molecule has 0 saturated heterocycles. The molecule has 2 atom stereocenters. The Labute approximate surface area is 597 Å². The predicted octanol–water partition coefficient (Wildman–Crippen LogP) is 24.7. The van der Waals surface area contributed by atoms with E-state index in [9.17, 15) is 0 Å². The Hall–Kier alpha value is -6.31. The van der Waals surface area contributed by atoms with Gasteiger partial charge in [-0.3, -0.25) is 0 Å². The normalized spacial score (nSPS) is 20.3. The first kappa shape index (κ1) is 58.8. The first-order chi connectivity index (χ1) is 46.6. The van der Waals surface area contributed by atoms with Crippen LogP contribution < -0.4 is 0 Å². The molecule has 2 unspecified atom stereocenters.